The number of halogens is 2. The third-order valence-electron chi connectivity index (χ3n) is 3.39. The van der Waals surface area contributed by atoms with Crippen molar-refractivity contribution in [1.82, 2.24) is 4.98 Å². The summed E-state index contributed by atoms with van der Waals surface area (Å²) in [7, 11) is 0. The van der Waals surface area contributed by atoms with Crippen LogP contribution >= 0.6 is 23.2 Å². The van der Waals surface area contributed by atoms with Crippen LogP contribution in [0.3, 0.4) is 0 Å². The Bertz CT molecular complexity index is 912. The first-order valence-electron chi connectivity index (χ1n) is 6.54. The normalized spacial score (nSPS) is 10.4. The predicted octanol–water partition coefficient (Wildman–Crippen LogP) is 0.885. The number of carboxylic acid groups (broad SMARTS) is 1. The van der Waals surface area contributed by atoms with E-state index in [9.17, 15) is 9.90 Å². The average Bonchev–Trinajstić information content (AvgIpc) is 2.46. The van der Waals surface area contributed by atoms with Gasteiger partial charge in [-0.15, -0.1) is 0 Å². The number of pyridine rings is 1. The molecule has 6 heteroatoms. The number of carboxylic acids is 1. The maximum atomic E-state index is 11.5. The van der Waals surface area contributed by atoms with Gasteiger partial charge >= 0.3 is 51.4 Å². The molecule has 0 amide bonds. The number of carbonyl (C=O) groups excluding carboxylic acids is 1. The third-order valence-corrected chi connectivity index (χ3v) is 3.94. The monoisotopic (exact) mass is 369 g/mol. The molecule has 0 aliphatic rings. The fraction of sp³-hybridized carbons (Fsp3) is 0.0588. The fourth-order valence-corrected chi connectivity index (χ4v) is 2.85. The van der Waals surface area contributed by atoms with Crippen LogP contribution < -0.4 is 56.5 Å². The number of aromatic carboxylic acids is 1. The zero-order valence-corrected chi connectivity index (χ0v) is 17.2. The Kier molecular flexibility index (Phi) is 6.25. The second-order valence-corrected chi connectivity index (χ2v) is 5.83. The summed E-state index contributed by atoms with van der Waals surface area (Å²) in [5.41, 5.74) is 2.71. The molecule has 0 aliphatic carbocycles. The van der Waals surface area contributed by atoms with E-state index in [2.05, 4.69) is 4.98 Å². The van der Waals surface area contributed by atoms with Crippen molar-refractivity contribution in [2.24, 2.45) is 0 Å². The second kappa shape index (κ2) is 7.61. The zero-order chi connectivity index (χ0) is 15.9. The van der Waals surface area contributed by atoms with E-state index < -0.39 is 5.97 Å². The van der Waals surface area contributed by atoms with E-state index in [4.69, 9.17) is 23.2 Å². The second-order valence-electron chi connectivity index (χ2n) is 4.99. The van der Waals surface area contributed by atoms with Crippen LogP contribution in [0.5, 0.6) is 0 Å². The Balaban J connectivity index is 0.00000192. The molecular weight excluding hydrogens is 360 g/mol. The zero-order valence-electron chi connectivity index (χ0n) is 12.6. The molecule has 2 aromatic carbocycles. The van der Waals surface area contributed by atoms with Gasteiger partial charge in [-0.3, -0.25) is 0 Å². The van der Waals surface area contributed by atoms with E-state index in [0.717, 1.165) is 5.56 Å². The molecule has 3 rings (SSSR count). The van der Waals surface area contributed by atoms with Gasteiger partial charge in [-0.2, -0.15) is 0 Å². The first-order valence-corrected chi connectivity index (χ1v) is 7.29. The molecule has 0 aliphatic heterocycles. The molecule has 110 valence electrons. The molecule has 3 nitrogen and oxygen atoms in total. The van der Waals surface area contributed by atoms with Crippen LogP contribution in [0.15, 0.2) is 42.5 Å². The van der Waals surface area contributed by atoms with Crippen molar-refractivity contribution in [2.75, 3.05) is 0 Å². The number of fused-ring (bicyclic) bond motifs is 1. The minimum atomic E-state index is -1.25. The summed E-state index contributed by atoms with van der Waals surface area (Å²) in [5, 5.41) is 12.9. The Morgan fingerprint density at radius 2 is 1.83 bits per heavy atom. The molecule has 0 unspecified atom stereocenters. The van der Waals surface area contributed by atoms with Crippen LogP contribution in [0.1, 0.15) is 15.9 Å². The average molecular weight is 370 g/mol. The fourth-order valence-electron chi connectivity index (χ4n) is 2.34. The Hall–Kier alpha value is -0.464. The van der Waals surface area contributed by atoms with Crippen molar-refractivity contribution >= 4 is 40.1 Å². The first-order chi connectivity index (χ1) is 10.5. The summed E-state index contributed by atoms with van der Waals surface area (Å²) in [6.45, 7) is 1.89. The third kappa shape index (κ3) is 3.96. The number of benzene rings is 2. The molecule has 0 atom stereocenters. The van der Waals surface area contributed by atoms with Crippen molar-refractivity contribution in [3.63, 3.8) is 0 Å². The van der Waals surface area contributed by atoms with Crippen molar-refractivity contribution in [3.8, 4) is 11.3 Å². The predicted molar refractivity (Wildman–Crippen MR) is 86.3 cm³/mol. The molecule has 0 bridgehead atoms. The first kappa shape index (κ1) is 18.9. The molecule has 0 saturated heterocycles. The van der Waals surface area contributed by atoms with Gasteiger partial charge in [0.15, 0.2) is 0 Å². The van der Waals surface area contributed by atoms with Crippen molar-refractivity contribution < 1.29 is 61.3 Å². The minimum Gasteiger partial charge on any atom is -0.545 e. The van der Waals surface area contributed by atoms with Crippen LogP contribution in [0.2, 0.25) is 10.0 Å². The van der Waals surface area contributed by atoms with Crippen LogP contribution in [0, 0.1) is 6.92 Å². The summed E-state index contributed by atoms with van der Waals surface area (Å²) in [4.78, 5) is 16.0. The van der Waals surface area contributed by atoms with E-state index in [-0.39, 0.29) is 56.9 Å². The van der Waals surface area contributed by atoms with Crippen LogP contribution in [-0.4, -0.2) is 11.0 Å². The Morgan fingerprint density at radius 1 is 1.09 bits per heavy atom. The summed E-state index contributed by atoms with van der Waals surface area (Å²) >= 11 is 12.1. The standard InChI is InChI=1S/C17H11Cl2NO2.K/c1-9-2-5-15-12(6-9)13(17(21)22)8-16(20-15)11-4-3-10(18)7-14(11)19;/h2-8H,1H3,(H,21,22);/q;+1/p-1. The molecule has 1 aromatic heterocycles. The van der Waals surface area contributed by atoms with E-state index in [1.165, 1.54) is 6.07 Å². The van der Waals surface area contributed by atoms with E-state index in [1.807, 2.05) is 13.0 Å². The summed E-state index contributed by atoms with van der Waals surface area (Å²) in [5.74, 6) is -1.25. The van der Waals surface area contributed by atoms with Gasteiger partial charge in [-0.25, -0.2) is 4.98 Å². The minimum absolute atomic E-state index is 0. The van der Waals surface area contributed by atoms with Crippen molar-refractivity contribution in [1.29, 1.82) is 0 Å². The molecule has 3 aromatic rings. The summed E-state index contributed by atoms with van der Waals surface area (Å²) in [6.07, 6.45) is 0. The Labute approximate surface area is 186 Å². The number of hydrogen-bond donors (Lipinski definition) is 0. The molecule has 0 fully saturated rings. The Morgan fingerprint density at radius 3 is 2.48 bits per heavy atom. The van der Waals surface area contributed by atoms with Crippen LogP contribution in [0.4, 0.5) is 0 Å². The topological polar surface area (TPSA) is 53.0 Å². The molecule has 0 radical (unpaired) electrons. The maximum absolute atomic E-state index is 11.5. The summed E-state index contributed by atoms with van der Waals surface area (Å²) < 4.78 is 0. The SMILES string of the molecule is Cc1ccc2nc(-c3ccc(Cl)cc3Cl)cc(C(=O)[O-])c2c1.[K+]. The summed E-state index contributed by atoms with van der Waals surface area (Å²) in [6, 6.07) is 11.9. The molecule has 23 heavy (non-hydrogen) atoms. The number of aryl methyl sites for hydroxylation is 1. The van der Waals surface area contributed by atoms with Gasteiger partial charge in [-0.05, 0) is 43.3 Å². The van der Waals surface area contributed by atoms with Crippen LogP contribution in [0.25, 0.3) is 22.2 Å². The largest absolute Gasteiger partial charge is 1.00 e. The molecule has 1 heterocycles. The van der Waals surface area contributed by atoms with E-state index >= 15 is 0 Å². The van der Waals surface area contributed by atoms with Gasteiger partial charge in [0.1, 0.15) is 0 Å². The number of aromatic nitrogens is 1. The van der Waals surface area contributed by atoms with Crippen LogP contribution in [-0.2, 0) is 0 Å². The van der Waals surface area contributed by atoms with Gasteiger partial charge in [-0.1, -0.05) is 34.8 Å². The van der Waals surface area contributed by atoms with E-state index in [1.54, 1.807) is 30.3 Å². The van der Waals surface area contributed by atoms with Crippen molar-refractivity contribution in [2.45, 2.75) is 6.92 Å². The van der Waals surface area contributed by atoms with Gasteiger partial charge in [0, 0.05) is 21.5 Å². The maximum Gasteiger partial charge on any atom is 1.00 e. The molecule has 0 spiro atoms. The number of carbonyl (C=O) groups is 1. The smallest absolute Gasteiger partial charge is 0.545 e. The van der Waals surface area contributed by atoms with Gasteiger partial charge in [0.2, 0.25) is 0 Å². The van der Waals surface area contributed by atoms with E-state index in [0.29, 0.717) is 32.2 Å². The van der Waals surface area contributed by atoms with Gasteiger partial charge in [0.05, 0.1) is 22.2 Å². The van der Waals surface area contributed by atoms with Gasteiger partial charge < -0.3 is 9.90 Å². The van der Waals surface area contributed by atoms with Gasteiger partial charge in [0.25, 0.3) is 0 Å². The number of hydrogen-bond acceptors (Lipinski definition) is 3. The number of nitrogens with zero attached hydrogens (tertiary/aromatic N) is 1. The molecule has 0 N–H and O–H groups in total. The molecule has 0 saturated carbocycles. The molecular formula is C17H10Cl2KNO2. The quantitative estimate of drug-likeness (QED) is 0.630. The number of rotatable bonds is 2. The van der Waals surface area contributed by atoms with Crippen molar-refractivity contribution in [3.05, 3.63) is 63.6 Å².